The van der Waals surface area contributed by atoms with Crippen molar-refractivity contribution < 1.29 is 4.39 Å². The number of thioether (sulfide) groups is 1. The highest BCUT2D eigenvalue weighted by molar-refractivity contribution is 9.10. The fraction of sp³-hybridized carbons (Fsp3) is 0.250. The highest BCUT2D eigenvalue weighted by Crippen LogP contribution is 2.23. The van der Waals surface area contributed by atoms with E-state index in [4.69, 9.17) is 5.73 Å². The quantitative estimate of drug-likeness (QED) is 0.797. The zero-order valence-electron chi connectivity index (χ0n) is 11.3. The molecular weight excluding hydrogens is 337 g/mol. The summed E-state index contributed by atoms with van der Waals surface area (Å²) in [6, 6.07) is 13.2. The second-order valence-corrected chi connectivity index (χ2v) is 6.80. The van der Waals surface area contributed by atoms with Crippen LogP contribution in [0.25, 0.3) is 0 Å². The largest absolute Gasteiger partial charge is 0.327 e. The second-order valence-electron chi connectivity index (χ2n) is 4.82. The molecule has 1 atom stereocenters. The minimum atomic E-state index is -0.229. The molecule has 0 heterocycles. The first-order valence-electron chi connectivity index (χ1n) is 6.43. The molecule has 1 nitrogen and oxygen atoms in total. The van der Waals surface area contributed by atoms with Gasteiger partial charge in [0.05, 0.1) is 0 Å². The molecule has 0 aliphatic rings. The summed E-state index contributed by atoms with van der Waals surface area (Å²) in [6.45, 7) is 2.09. The molecule has 2 aromatic carbocycles. The highest BCUT2D eigenvalue weighted by atomic mass is 79.9. The lowest BCUT2D eigenvalue weighted by atomic mass is 10.1. The minimum Gasteiger partial charge on any atom is -0.327 e. The summed E-state index contributed by atoms with van der Waals surface area (Å²) in [4.78, 5) is 1.25. The summed E-state index contributed by atoms with van der Waals surface area (Å²) in [5.41, 5.74) is 8.33. The minimum absolute atomic E-state index is 0.00769. The second kappa shape index (κ2) is 7.25. The summed E-state index contributed by atoms with van der Waals surface area (Å²) >= 11 is 5.05. The number of nitrogens with two attached hydrogens (primary N) is 1. The summed E-state index contributed by atoms with van der Waals surface area (Å²) < 4.78 is 14.1. The maximum atomic E-state index is 13.3. The summed E-state index contributed by atoms with van der Waals surface area (Å²) in [5.74, 6) is 0.590. The van der Waals surface area contributed by atoms with Crippen molar-refractivity contribution in [2.45, 2.75) is 24.3 Å². The van der Waals surface area contributed by atoms with Gasteiger partial charge >= 0.3 is 0 Å². The van der Waals surface area contributed by atoms with Crippen molar-refractivity contribution in [1.82, 2.24) is 0 Å². The molecule has 4 heteroatoms. The zero-order chi connectivity index (χ0) is 14.5. The SMILES string of the molecule is Cc1ccccc1SCC(N)Cc1cc(F)cc(Br)c1. The van der Waals surface area contributed by atoms with Gasteiger partial charge in [-0.15, -0.1) is 11.8 Å². The van der Waals surface area contributed by atoms with Gasteiger partial charge in [0.15, 0.2) is 0 Å². The van der Waals surface area contributed by atoms with Crippen LogP contribution in [0.1, 0.15) is 11.1 Å². The number of aryl methyl sites for hydroxylation is 1. The van der Waals surface area contributed by atoms with Crippen LogP contribution in [0.2, 0.25) is 0 Å². The van der Waals surface area contributed by atoms with Crippen molar-refractivity contribution in [3.05, 3.63) is 63.9 Å². The zero-order valence-corrected chi connectivity index (χ0v) is 13.7. The Kier molecular flexibility index (Phi) is 5.64. The molecule has 0 bridgehead atoms. The number of hydrogen-bond donors (Lipinski definition) is 1. The third kappa shape index (κ3) is 4.62. The summed E-state index contributed by atoms with van der Waals surface area (Å²) in [6.07, 6.45) is 0.676. The Hall–Kier alpha value is -0.840. The molecule has 2 N–H and O–H groups in total. The van der Waals surface area contributed by atoms with Crippen LogP contribution in [0.15, 0.2) is 51.8 Å². The van der Waals surface area contributed by atoms with Crippen molar-refractivity contribution in [2.75, 3.05) is 5.75 Å². The van der Waals surface area contributed by atoms with Crippen LogP contribution in [0.3, 0.4) is 0 Å². The average molecular weight is 354 g/mol. The van der Waals surface area contributed by atoms with E-state index >= 15 is 0 Å². The highest BCUT2D eigenvalue weighted by Gasteiger charge is 2.08. The molecule has 1 unspecified atom stereocenters. The van der Waals surface area contributed by atoms with Gasteiger partial charge in [-0.25, -0.2) is 4.39 Å². The van der Waals surface area contributed by atoms with Gasteiger partial charge in [0, 0.05) is 21.2 Å². The number of rotatable bonds is 5. The average Bonchev–Trinajstić information content (AvgIpc) is 2.36. The monoisotopic (exact) mass is 353 g/mol. The Morgan fingerprint density at radius 2 is 2.00 bits per heavy atom. The smallest absolute Gasteiger partial charge is 0.124 e. The van der Waals surface area contributed by atoms with Crippen LogP contribution in [-0.2, 0) is 6.42 Å². The molecule has 0 aliphatic heterocycles. The molecule has 0 saturated heterocycles. The molecule has 2 aromatic rings. The van der Waals surface area contributed by atoms with Gasteiger partial charge in [0.25, 0.3) is 0 Å². The molecular formula is C16H17BrFNS. The summed E-state index contributed by atoms with van der Waals surface area (Å²) in [5, 5.41) is 0. The molecule has 2 rings (SSSR count). The first-order valence-corrected chi connectivity index (χ1v) is 8.21. The lowest BCUT2D eigenvalue weighted by Crippen LogP contribution is -2.25. The topological polar surface area (TPSA) is 26.0 Å². The number of halogens is 2. The first-order chi connectivity index (χ1) is 9.54. The normalized spacial score (nSPS) is 12.4. The molecule has 0 amide bonds. The Morgan fingerprint density at radius 1 is 1.25 bits per heavy atom. The Bertz CT molecular complexity index is 568. The fourth-order valence-corrected chi connectivity index (χ4v) is 3.50. The van der Waals surface area contributed by atoms with Crippen molar-refractivity contribution in [2.24, 2.45) is 5.73 Å². The molecule has 0 radical (unpaired) electrons. The molecule has 20 heavy (non-hydrogen) atoms. The molecule has 106 valence electrons. The van der Waals surface area contributed by atoms with Crippen molar-refractivity contribution in [3.8, 4) is 0 Å². The van der Waals surface area contributed by atoms with Crippen LogP contribution in [-0.4, -0.2) is 11.8 Å². The van der Waals surface area contributed by atoms with E-state index in [1.165, 1.54) is 16.5 Å². The van der Waals surface area contributed by atoms with Gasteiger partial charge in [-0.3, -0.25) is 0 Å². The van der Waals surface area contributed by atoms with E-state index in [0.29, 0.717) is 6.42 Å². The molecule has 0 aliphatic carbocycles. The van der Waals surface area contributed by atoms with Crippen molar-refractivity contribution in [1.29, 1.82) is 0 Å². The van der Waals surface area contributed by atoms with Crippen LogP contribution >= 0.6 is 27.7 Å². The molecule has 0 saturated carbocycles. The van der Waals surface area contributed by atoms with E-state index < -0.39 is 0 Å². The maximum Gasteiger partial charge on any atom is 0.124 e. The number of hydrogen-bond acceptors (Lipinski definition) is 2. The van der Waals surface area contributed by atoms with E-state index in [-0.39, 0.29) is 11.9 Å². The standard InChI is InChI=1S/C16H17BrFNS/c1-11-4-2-3-5-16(11)20-10-15(19)8-12-6-13(17)9-14(18)7-12/h2-7,9,15H,8,10,19H2,1H3. The van der Waals surface area contributed by atoms with Gasteiger partial charge < -0.3 is 5.73 Å². The summed E-state index contributed by atoms with van der Waals surface area (Å²) in [7, 11) is 0. The first kappa shape index (κ1) is 15.5. The number of benzene rings is 2. The maximum absolute atomic E-state index is 13.3. The predicted molar refractivity (Wildman–Crippen MR) is 87.7 cm³/mol. The molecule has 0 spiro atoms. The Labute approximate surface area is 131 Å². The van der Waals surface area contributed by atoms with Gasteiger partial charge in [0.2, 0.25) is 0 Å². The van der Waals surface area contributed by atoms with E-state index in [9.17, 15) is 4.39 Å². The van der Waals surface area contributed by atoms with E-state index in [1.807, 2.05) is 18.2 Å². The van der Waals surface area contributed by atoms with Crippen LogP contribution in [0, 0.1) is 12.7 Å². The fourth-order valence-electron chi connectivity index (χ4n) is 2.01. The lowest BCUT2D eigenvalue weighted by molar-refractivity contribution is 0.622. The van der Waals surface area contributed by atoms with Crippen LogP contribution in [0.5, 0.6) is 0 Å². The Balaban J connectivity index is 1.92. The van der Waals surface area contributed by atoms with Crippen molar-refractivity contribution in [3.63, 3.8) is 0 Å². The third-order valence-electron chi connectivity index (χ3n) is 2.97. The van der Waals surface area contributed by atoms with Crippen LogP contribution in [0.4, 0.5) is 4.39 Å². The van der Waals surface area contributed by atoms with E-state index in [1.54, 1.807) is 17.8 Å². The van der Waals surface area contributed by atoms with Gasteiger partial charge in [-0.05, 0) is 48.7 Å². The van der Waals surface area contributed by atoms with Gasteiger partial charge in [-0.1, -0.05) is 34.1 Å². The van der Waals surface area contributed by atoms with Gasteiger partial charge in [-0.2, -0.15) is 0 Å². The molecule has 0 fully saturated rings. The third-order valence-corrected chi connectivity index (χ3v) is 4.79. The van der Waals surface area contributed by atoms with E-state index in [2.05, 4.69) is 35.0 Å². The lowest BCUT2D eigenvalue weighted by Gasteiger charge is -2.13. The molecule has 0 aromatic heterocycles. The predicted octanol–water partition coefficient (Wildman–Crippen LogP) is 4.56. The van der Waals surface area contributed by atoms with Crippen LogP contribution < -0.4 is 5.73 Å². The Morgan fingerprint density at radius 3 is 2.70 bits per heavy atom. The van der Waals surface area contributed by atoms with E-state index in [0.717, 1.165) is 15.8 Å². The van der Waals surface area contributed by atoms with Crippen molar-refractivity contribution >= 4 is 27.7 Å². The van der Waals surface area contributed by atoms with Gasteiger partial charge in [0.1, 0.15) is 5.82 Å².